The molecule has 1 saturated carbocycles. The fourth-order valence-corrected chi connectivity index (χ4v) is 5.17. The summed E-state index contributed by atoms with van der Waals surface area (Å²) in [4.78, 5) is 26.1. The highest BCUT2D eigenvalue weighted by molar-refractivity contribution is 7.99. The Bertz CT molecular complexity index is 1500. The molecule has 0 unspecified atom stereocenters. The molecule has 34 heavy (non-hydrogen) atoms. The molecule has 10 heteroatoms. The molecule has 0 atom stereocenters. The summed E-state index contributed by atoms with van der Waals surface area (Å²) in [6.45, 7) is 0. The number of hydrogen-bond donors (Lipinski definition) is 1. The van der Waals surface area contributed by atoms with Crippen molar-refractivity contribution in [2.75, 3.05) is 12.9 Å². The molecule has 0 bridgehead atoms. The molecule has 1 N–H and O–H groups in total. The van der Waals surface area contributed by atoms with Crippen LogP contribution in [0.25, 0.3) is 22.4 Å². The number of benzene rings is 2. The second-order valence-corrected chi connectivity index (χ2v) is 9.16. The minimum atomic E-state index is -0.774. The van der Waals surface area contributed by atoms with E-state index in [1.165, 1.54) is 16.3 Å². The fourth-order valence-electron chi connectivity index (χ4n) is 4.43. The second kappa shape index (κ2) is 8.83. The molecule has 172 valence electrons. The lowest BCUT2D eigenvalue weighted by Crippen LogP contribution is -2.45. The van der Waals surface area contributed by atoms with Gasteiger partial charge in [-0.3, -0.25) is 14.0 Å². The van der Waals surface area contributed by atoms with Crippen LogP contribution in [0, 0.1) is 11.3 Å². The average Bonchev–Trinajstić information content (AvgIpc) is 3.51. The third-order valence-electron chi connectivity index (χ3n) is 6.09. The monoisotopic (exact) mass is 474 g/mol. The highest BCUT2D eigenvalue weighted by Gasteiger charge is 2.35. The average molecular weight is 475 g/mol. The van der Waals surface area contributed by atoms with Crippen LogP contribution in [0.15, 0.2) is 58.5 Å². The summed E-state index contributed by atoms with van der Waals surface area (Å²) in [5.41, 5.74) is 0.248. The quantitative estimate of drug-likeness (QED) is 0.427. The van der Waals surface area contributed by atoms with Gasteiger partial charge in [0, 0.05) is 6.07 Å². The first-order valence-corrected chi connectivity index (χ1v) is 11.9. The summed E-state index contributed by atoms with van der Waals surface area (Å²) in [6, 6.07) is 16.7. The first-order valence-electron chi connectivity index (χ1n) is 10.9. The highest BCUT2D eigenvalue weighted by atomic mass is 32.2. The summed E-state index contributed by atoms with van der Waals surface area (Å²) in [7, 11) is 1.57. The molecule has 4 aromatic rings. The lowest BCUT2D eigenvalue weighted by atomic mass is 10.0. The summed E-state index contributed by atoms with van der Waals surface area (Å²) in [5.74, 6) is 0.802. The Hall–Kier alpha value is -3.84. The summed E-state index contributed by atoms with van der Waals surface area (Å²) < 4.78 is 8.60. The molecule has 0 spiro atoms. The Morgan fingerprint density at radius 1 is 1.21 bits per heavy atom. The zero-order valence-corrected chi connectivity index (χ0v) is 19.3. The van der Waals surface area contributed by atoms with Crippen LogP contribution in [0.5, 0.6) is 5.75 Å². The number of aromatic nitrogens is 4. The number of carbonyl (C=O) groups is 1. The Morgan fingerprint density at radius 3 is 2.76 bits per heavy atom. The predicted octanol–water partition coefficient (Wildman–Crippen LogP) is 3.09. The van der Waals surface area contributed by atoms with E-state index in [9.17, 15) is 14.9 Å². The normalized spacial score (nSPS) is 14.8. The van der Waals surface area contributed by atoms with Gasteiger partial charge in [-0.15, -0.1) is 10.2 Å². The molecule has 1 aliphatic rings. The molecule has 1 aliphatic carbocycles. The third kappa shape index (κ3) is 3.78. The lowest BCUT2D eigenvalue weighted by molar-refractivity contribution is -0.119. The van der Waals surface area contributed by atoms with Crippen LogP contribution < -0.4 is 15.6 Å². The van der Waals surface area contributed by atoms with Gasteiger partial charge in [0.1, 0.15) is 11.3 Å². The highest BCUT2D eigenvalue weighted by Crippen LogP contribution is 2.29. The predicted molar refractivity (Wildman–Crippen MR) is 128 cm³/mol. The van der Waals surface area contributed by atoms with Crippen LogP contribution in [-0.4, -0.2) is 43.5 Å². The van der Waals surface area contributed by atoms with E-state index in [1.54, 1.807) is 47.9 Å². The number of amides is 1. The molecule has 1 fully saturated rings. The largest absolute Gasteiger partial charge is 0.497 e. The molecule has 0 saturated heterocycles. The minimum Gasteiger partial charge on any atom is -0.497 e. The van der Waals surface area contributed by atoms with Crippen molar-refractivity contribution in [3.05, 3.63) is 58.9 Å². The van der Waals surface area contributed by atoms with Crippen LogP contribution in [0.2, 0.25) is 0 Å². The molecular weight excluding hydrogens is 452 g/mol. The number of nitrogens with zero attached hydrogens (tertiary/aromatic N) is 5. The van der Waals surface area contributed by atoms with Gasteiger partial charge >= 0.3 is 0 Å². The zero-order valence-electron chi connectivity index (χ0n) is 18.5. The van der Waals surface area contributed by atoms with Crippen LogP contribution >= 0.6 is 11.8 Å². The van der Waals surface area contributed by atoms with Crippen molar-refractivity contribution in [3.63, 3.8) is 0 Å². The van der Waals surface area contributed by atoms with Crippen molar-refractivity contribution < 1.29 is 9.53 Å². The number of hydrogen-bond acceptors (Lipinski definition) is 7. The zero-order chi connectivity index (χ0) is 23.7. The first kappa shape index (κ1) is 22.0. The van der Waals surface area contributed by atoms with Crippen molar-refractivity contribution in [1.82, 2.24) is 24.5 Å². The number of methoxy groups -OCH3 is 1. The van der Waals surface area contributed by atoms with E-state index in [1.807, 2.05) is 12.1 Å². The number of nitrogens with one attached hydrogen (secondary N) is 1. The second-order valence-electron chi connectivity index (χ2n) is 8.22. The topological polar surface area (TPSA) is 114 Å². The van der Waals surface area contributed by atoms with Gasteiger partial charge in [-0.05, 0) is 49.9 Å². The number of thioether (sulfide) groups is 1. The van der Waals surface area contributed by atoms with Gasteiger partial charge in [0.15, 0.2) is 5.16 Å². The molecule has 2 aromatic heterocycles. The van der Waals surface area contributed by atoms with Crippen LogP contribution in [0.3, 0.4) is 0 Å². The van der Waals surface area contributed by atoms with Crippen molar-refractivity contribution in [3.8, 4) is 17.5 Å². The van der Waals surface area contributed by atoms with Gasteiger partial charge in [-0.25, -0.2) is 4.57 Å². The van der Waals surface area contributed by atoms with E-state index in [-0.39, 0.29) is 17.2 Å². The molecule has 0 aliphatic heterocycles. The molecular formula is C24H22N6O3S. The van der Waals surface area contributed by atoms with E-state index in [4.69, 9.17) is 4.74 Å². The minimum absolute atomic E-state index is 0.0802. The van der Waals surface area contributed by atoms with Crippen molar-refractivity contribution in [2.24, 2.45) is 0 Å². The maximum Gasteiger partial charge on any atom is 0.267 e. The van der Waals surface area contributed by atoms with E-state index in [2.05, 4.69) is 21.6 Å². The number of nitriles is 1. The third-order valence-corrected chi connectivity index (χ3v) is 7.02. The number of ether oxygens (including phenoxy) is 1. The maximum atomic E-state index is 13.4. The fraction of sp³-hybridized carbons (Fsp3) is 0.292. The molecule has 1 amide bonds. The van der Waals surface area contributed by atoms with Crippen molar-refractivity contribution in [2.45, 2.75) is 36.4 Å². The Kier molecular flexibility index (Phi) is 5.71. The smallest absolute Gasteiger partial charge is 0.267 e. The van der Waals surface area contributed by atoms with Crippen molar-refractivity contribution in [1.29, 1.82) is 5.26 Å². The van der Waals surface area contributed by atoms with E-state index < -0.39 is 5.54 Å². The van der Waals surface area contributed by atoms with Crippen molar-refractivity contribution >= 4 is 34.3 Å². The molecule has 2 heterocycles. The summed E-state index contributed by atoms with van der Waals surface area (Å²) in [6.07, 6.45) is 3.21. The molecule has 9 nitrogen and oxygen atoms in total. The molecule has 2 aromatic carbocycles. The first-order chi connectivity index (χ1) is 16.5. The van der Waals surface area contributed by atoms with Gasteiger partial charge in [0.05, 0.1) is 35.5 Å². The SMILES string of the molecule is COc1cccc(-n2c(=O)c3ccccc3n3c(SCC(=O)NC4(C#N)CCCC4)nnc23)c1. The number of fused-ring (bicyclic) bond motifs is 3. The van der Waals surface area contributed by atoms with Crippen LogP contribution in [0.1, 0.15) is 25.7 Å². The Labute approximate surface area is 199 Å². The van der Waals surface area contributed by atoms with E-state index in [0.29, 0.717) is 46.1 Å². The van der Waals surface area contributed by atoms with Gasteiger partial charge in [-0.1, -0.05) is 30.0 Å². The lowest BCUT2D eigenvalue weighted by Gasteiger charge is -2.21. The Balaban J connectivity index is 1.56. The maximum absolute atomic E-state index is 13.4. The van der Waals surface area contributed by atoms with Gasteiger partial charge in [0.25, 0.3) is 5.56 Å². The van der Waals surface area contributed by atoms with Gasteiger partial charge in [-0.2, -0.15) is 5.26 Å². The number of carbonyl (C=O) groups excluding carboxylic acids is 1. The number of rotatable bonds is 6. The molecule has 5 rings (SSSR count). The number of para-hydroxylation sites is 1. The standard InChI is InChI=1S/C24H22N6O3S/c1-33-17-8-6-7-16(13-17)29-21(32)18-9-2-3-10-19(18)30-22(29)27-28-23(30)34-14-20(31)26-24(15-25)11-4-5-12-24/h2-3,6-10,13H,4-5,11-12,14H2,1H3,(H,26,31). The van der Waals surface area contributed by atoms with Crippen LogP contribution in [-0.2, 0) is 4.79 Å². The van der Waals surface area contributed by atoms with E-state index >= 15 is 0 Å². The molecule has 0 radical (unpaired) electrons. The van der Waals surface area contributed by atoms with Gasteiger partial charge < -0.3 is 10.1 Å². The van der Waals surface area contributed by atoms with E-state index in [0.717, 1.165) is 12.8 Å². The Morgan fingerprint density at radius 2 is 2.00 bits per heavy atom. The van der Waals surface area contributed by atoms with Gasteiger partial charge in [0.2, 0.25) is 11.7 Å². The summed E-state index contributed by atoms with van der Waals surface area (Å²) >= 11 is 1.22. The van der Waals surface area contributed by atoms with Crippen LogP contribution in [0.4, 0.5) is 0 Å². The summed E-state index contributed by atoms with van der Waals surface area (Å²) in [5, 5.41) is 22.0.